The molecule has 2 rings (SSSR count). The van der Waals surface area contributed by atoms with E-state index in [9.17, 15) is 13.2 Å². The lowest BCUT2D eigenvalue weighted by atomic mass is 10.1. The van der Waals surface area contributed by atoms with Gasteiger partial charge in [0.1, 0.15) is 0 Å². The van der Waals surface area contributed by atoms with Gasteiger partial charge in [-0.3, -0.25) is 9.10 Å². The van der Waals surface area contributed by atoms with Crippen molar-refractivity contribution < 1.29 is 17.9 Å². The predicted molar refractivity (Wildman–Crippen MR) is 112 cm³/mol. The first-order valence-electron chi connectivity index (χ1n) is 9.14. The van der Waals surface area contributed by atoms with E-state index in [0.29, 0.717) is 24.4 Å². The normalized spacial score (nSPS) is 11.3. The molecule has 152 valence electrons. The molecular formula is C21H28N2O4S. The molecule has 0 heterocycles. The van der Waals surface area contributed by atoms with Crippen LogP contribution in [0.3, 0.4) is 0 Å². The first-order chi connectivity index (χ1) is 13.2. The average Bonchev–Trinajstić information content (AvgIpc) is 2.64. The van der Waals surface area contributed by atoms with Crippen LogP contribution in [0.25, 0.3) is 0 Å². The second kappa shape index (κ2) is 9.71. The molecule has 1 N–H and O–H groups in total. The number of anilines is 1. The van der Waals surface area contributed by atoms with Crippen molar-refractivity contribution in [2.24, 2.45) is 0 Å². The molecule has 0 unspecified atom stereocenters. The van der Waals surface area contributed by atoms with Crippen LogP contribution in [0.4, 0.5) is 5.69 Å². The number of aryl methyl sites for hydroxylation is 2. The lowest BCUT2D eigenvalue weighted by Gasteiger charge is -2.26. The third kappa shape index (κ3) is 5.81. The maximum atomic E-state index is 12.4. The van der Waals surface area contributed by atoms with Gasteiger partial charge in [-0.05, 0) is 49.1 Å². The molecule has 0 fully saturated rings. The second-order valence-corrected chi connectivity index (χ2v) is 8.72. The summed E-state index contributed by atoms with van der Waals surface area (Å²) in [7, 11) is -1.84. The fourth-order valence-corrected chi connectivity index (χ4v) is 4.01. The fourth-order valence-electron chi connectivity index (χ4n) is 3.01. The van der Waals surface area contributed by atoms with Crippen LogP contribution in [0.5, 0.6) is 0 Å². The predicted octanol–water partition coefficient (Wildman–Crippen LogP) is 3.04. The van der Waals surface area contributed by atoms with Crippen molar-refractivity contribution in [3.05, 3.63) is 64.7 Å². The van der Waals surface area contributed by atoms with E-state index in [1.165, 1.54) is 10.6 Å². The van der Waals surface area contributed by atoms with Crippen LogP contribution in [0.2, 0.25) is 0 Å². The molecule has 0 saturated heterocycles. The Kier molecular flexibility index (Phi) is 7.60. The number of nitrogens with zero attached hydrogens (tertiary/aromatic N) is 1. The van der Waals surface area contributed by atoms with Gasteiger partial charge in [0.15, 0.2) is 0 Å². The summed E-state index contributed by atoms with van der Waals surface area (Å²) in [5.74, 6) is -0.155. The lowest BCUT2D eigenvalue weighted by molar-refractivity contribution is 0.0948. The number of sulfonamides is 1. The van der Waals surface area contributed by atoms with Gasteiger partial charge in [0.05, 0.1) is 18.5 Å². The molecule has 2 aromatic carbocycles. The van der Waals surface area contributed by atoms with E-state index in [2.05, 4.69) is 5.32 Å². The quantitative estimate of drug-likeness (QED) is 0.652. The van der Waals surface area contributed by atoms with Gasteiger partial charge in [-0.15, -0.1) is 0 Å². The van der Waals surface area contributed by atoms with Gasteiger partial charge < -0.3 is 10.1 Å². The maximum Gasteiger partial charge on any atom is 0.251 e. The molecule has 0 saturated carbocycles. The van der Waals surface area contributed by atoms with Crippen molar-refractivity contribution in [3.63, 3.8) is 0 Å². The van der Waals surface area contributed by atoms with Crippen LogP contribution < -0.4 is 9.62 Å². The second-order valence-electron chi connectivity index (χ2n) is 6.81. The molecule has 0 bridgehead atoms. The number of nitrogens with one attached hydrogen (secondary N) is 1. The number of amides is 1. The number of para-hydroxylation sites is 1. The summed E-state index contributed by atoms with van der Waals surface area (Å²) >= 11 is 0. The highest BCUT2D eigenvalue weighted by molar-refractivity contribution is 7.92. The Labute approximate surface area is 167 Å². The van der Waals surface area contributed by atoms with E-state index < -0.39 is 10.0 Å². The van der Waals surface area contributed by atoms with Crippen LogP contribution in [-0.2, 0) is 21.3 Å². The van der Waals surface area contributed by atoms with Crippen LogP contribution in [-0.4, -0.2) is 40.8 Å². The van der Waals surface area contributed by atoms with Crippen molar-refractivity contribution in [2.45, 2.75) is 26.8 Å². The lowest BCUT2D eigenvalue weighted by Crippen LogP contribution is -2.30. The highest BCUT2D eigenvalue weighted by Crippen LogP contribution is 2.28. The topological polar surface area (TPSA) is 75.7 Å². The molecule has 7 heteroatoms. The van der Waals surface area contributed by atoms with E-state index in [-0.39, 0.29) is 12.5 Å². The third-order valence-corrected chi connectivity index (χ3v) is 5.55. The summed E-state index contributed by atoms with van der Waals surface area (Å²) in [5, 5.41) is 2.83. The summed E-state index contributed by atoms with van der Waals surface area (Å²) in [6, 6.07) is 12.7. The fraction of sp³-hybridized carbons (Fsp3) is 0.381. The highest BCUT2D eigenvalue weighted by atomic mass is 32.2. The standard InChI is InChI=1S/C21H28N2O4S/c1-16-7-5-8-17(2)20(16)23(28(4,25)26)15-18-9-11-19(12-10-18)21(24)22-13-6-14-27-3/h5,7-12H,6,13-15H2,1-4H3,(H,22,24). The summed E-state index contributed by atoms with van der Waals surface area (Å²) in [6.45, 7) is 5.15. The number of carbonyl (C=O) groups excluding carboxylic acids is 1. The summed E-state index contributed by atoms with van der Waals surface area (Å²) in [4.78, 5) is 12.2. The number of rotatable bonds is 9. The van der Waals surface area contributed by atoms with Crippen LogP contribution in [0, 0.1) is 13.8 Å². The summed E-state index contributed by atoms with van der Waals surface area (Å²) < 4.78 is 31.2. The molecular weight excluding hydrogens is 376 g/mol. The van der Waals surface area contributed by atoms with Gasteiger partial charge in [-0.1, -0.05) is 30.3 Å². The summed E-state index contributed by atoms with van der Waals surface area (Å²) in [5.41, 5.74) is 3.85. The molecule has 1 amide bonds. The molecule has 2 aromatic rings. The van der Waals surface area contributed by atoms with E-state index >= 15 is 0 Å². The number of benzene rings is 2. The van der Waals surface area contributed by atoms with Crippen molar-refractivity contribution in [1.82, 2.24) is 5.32 Å². The molecule has 0 radical (unpaired) electrons. The first kappa shape index (κ1) is 21.9. The van der Waals surface area contributed by atoms with E-state index in [0.717, 1.165) is 23.1 Å². The number of hydrogen-bond acceptors (Lipinski definition) is 4. The van der Waals surface area contributed by atoms with Crippen molar-refractivity contribution >= 4 is 21.6 Å². The van der Waals surface area contributed by atoms with Crippen molar-refractivity contribution in [2.75, 3.05) is 30.8 Å². The molecule has 0 atom stereocenters. The Hall–Kier alpha value is -2.38. The van der Waals surface area contributed by atoms with Crippen molar-refractivity contribution in [1.29, 1.82) is 0 Å². The van der Waals surface area contributed by atoms with Gasteiger partial charge in [0, 0.05) is 25.8 Å². The number of hydrogen-bond donors (Lipinski definition) is 1. The minimum absolute atomic E-state index is 0.155. The van der Waals surface area contributed by atoms with Gasteiger partial charge in [0.2, 0.25) is 10.0 Å². The third-order valence-electron chi connectivity index (χ3n) is 4.44. The largest absolute Gasteiger partial charge is 0.385 e. The van der Waals surface area contributed by atoms with Gasteiger partial charge in [-0.25, -0.2) is 8.42 Å². The number of ether oxygens (including phenoxy) is 1. The Morgan fingerprint density at radius 3 is 2.21 bits per heavy atom. The van der Waals surface area contributed by atoms with E-state index in [1.54, 1.807) is 31.4 Å². The van der Waals surface area contributed by atoms with Crippen molar-refractivity contribution in [3.8, 4) is 0 Å². The van der Waals surface area contributed by atoms with Gasteiger partial charge >= 0.3 is 0 Å². The molecule has 0 aromatic heterocycles. The molecule has 0 aliphatic rings. The minimum atomic E-state index is -3.46. The Morgan fingerprint density at radius 1 is 1.07 bits per heavy atom. The van der Waals surface area contributed by atoms with Crippen LogP contribution in [0.15, 0.2) is 42.5 Å². The zero-order valence-corrected chi connectivity index (χ0v) is 17.7. The zero-order chi connectivity index (χ0) is 20.7. The number of methoxy groups -OCH3 is 1. The monoisotopic (exact) mass is 404 g/mol. The zero-order valence-electron chi connectivity index (χ0n) is 16.9. The molecule has 28 heavy (non-hydrogen) atoms. The maximum absolute atomic E-state index is 12.4. The van der Waals surface area contributed by atoms with Crippen LogP contribution >= 0.6 is 0 Å². The molecule has 0 aliphatic heterocycles. The minimum Gasteiger partial charge on any atom is -0.385 e. The van der Waals surface area contributed by atoms with Crippen LogP contribution in [0.1, 0.15) is 33.5 Å². The van der Waals surface area contributed by atoms with E-state index in [1.807, 2.05) is 32.0 Å². The molecule has 0 spiro atoms. The molecule has 6 nitrogen and oxygen atoms in total. The van der Waals surface area contributed by atoms with Gasteiger partial charge in [0.25, 0.3) is 5.91 Å². The number of carbonyl (C=O) groups is 1. The van der Waals surface area contributed by atoms with Gasteiger partial charge in [-0.2, -0.15) is 0 Å². The smallest absolute Gasteiger partial charge is 0.251 e. The molecule has 0 aliphatic carbocycles. The summed E-state index contributed by atoms with van der Waals surface area (Å²) in [6.07, 6.45) is 1.96. The average molecular weight is 405 g/mol. The van der Waals surface area contributed by atoms with E-state index in [4.69, 9.17) is 4.74 Å². The Morgan fingerprint density at radius 2 is 1.68 bits per heavy atom. The highest BCUT2D eigenvalue weighted by Gasteiger charge is 2.21. The Balaban J connectivity index is 2.17. The first-order valence-corrected chi connectivity index (χ1v) is 11.0. The Bertz CT molecular complexity index is 888. The SMILES string of the molecule is COCCCNC(=O)c1ccc(CN(c2c(C)cccc2C)S(C)(=O)=O)cc1.